The van der Waals surface area contributed by atoms with Crippen LogP contribution in [0.15, 0.2) is 36.7 Å². The van der Waals surface area contributed by atoms with Crippen LogP contribution in [0, 0.1) is 5.82 Å². The first-order valence-electron chi connectivity index (χ1n) is 8.10. The van der Waals surface area contributed by atoms with E-state index < -0.39 is 23.2 Å². The van der Waals surface area contributed by atoms with Gasteiger partial charge in [0.05, 0.1) is 17.9 Å². The summed E-state index contributed by atoms with van der Waals surface area (Å²) in [5.41, 5.74) is -1.13. The lowest BCUT2D eigenvalue weighted by Crippen LogP contribution is -2.64. The minimum absolute atomic E-state index is 0.183. The first-order valence-corrected chi connectivity index (χ1v) is 8.47. The van der Waals surface area contributed by atoms with Crippen molar-refractivity contribution in [3.63, 3.8) is 0 Å². The Bertz CT molecular complexity index is 997. The molecule has 142 valence electrons. The van der Waals surface area contributed by atoms with Gasteiger partial charge in [-0.3, -0.25) is 4.68 Å². The largest absolute Gasteiger partial charge is 0.433 e. The standard InChI is InChI=1S/C17H14ClF4N5/c18-10-1-2-13-12(3-10)14(4-15(26-13)17(20,21)22)24-9-16(7-23-8-16)27-6-11(19)5-25-27/h1-6,23H,7-9H2,(H,24,26). The lowest BCUT2D eigenvalue weighted by Gasteiger charge is -2.43. The van der Waals surface area contributed by atoms with E-state index in [9.17, 15) is 17.6 Å². The van der Waals surface area contributed by atoms with Crippen LogP contribution in [0.2, 0.25) is 5.02 Å². The van der Waals surface area contributed by atoms with Crippen LogP contribution in [-0.2, 0) is 11.7 Å². The second-order valence-corrected chi connectivity index (χ2v) is 6.94. The summed E-state index contributed by atoms with van der Waals surface area (Å²) >= 11 is 6.00. The van der Waals surface area contributed by atoms with Gasteiger partial charge in [-0.1, -0.05) is 11.6 Å². The molecule has 0 bridgehead atoms. The van der Waals surface area contributed by atoms with Crippen molar-refractivity contribution < 1.29 is 17.6 Å². The highest BCUT2D eigenvalue weighted by Crippen LogP contribution is 2.34. The number of anilines is 1. The fraction of sp³-hybridized carbons (Fsp3) is 0.294. The van der Waals surface area contributed by atoms with Crippen LogP contribution in [-0.4, -0.2) is 34.4 Å². The molecule has 1 saturated heterocycles. The number of rotatable bonds is 4. The van der Waals surface area contributed by atoms with Crippen LogP contribution in [0.1, 0.15) is 5.69 Å². The van der Waals surface area contributed by atoms with Crippen LogP contribution in [0.5, 0.6) is 0 Å². The van der Waals surface area contributed by atoms with E-state index in [1.807, 2.05) is 0 Å². The zero-order chi connectivity index (χ0) is 19.2. The van der Waals surface area contributed by atoms with Gasteiger partial charge in [-0.2, -0.15) is 18.3 Å². The molecule has 3 aromatic rings. The molecule has 5 nitrogen and oxygen atoms in total. The van der Waals surface area contributed by atoms with Gasteiger partial charge in [-0.05, 0) is 24.3 Å². The normalized spacial score (nSPS) is 16.3. The maximum absolute atomic E-state index is 13.3. The molecule has 0 unspecified atom stereocenters. The summed E-state index contributed by atoms with van der Waals surface area (Å²) in [7, 11) is 0. The average molecular weight is 400 g/mol. The molecular weight excluding hydrogens is 386 g/mol. The molecule has 4 rings (SSSR count). The monoisotopic (exact) mass is 399 g/mol. The Kier molecular flexibility index (Phi) is 4.23. The second kappa shape index (κ2) is 6.35. The number of nitrogens with zero attached hydrogens (tertiary/aromatic N) is 3. The number of pyridine rings is 1. The number of halogens is 5. The lowest BCUT2D eigenvalue weighted by molar-refractivity contribution is -0.140. The molecule has 3 heterocycles. The molecule has 1 fully saturated rings. The molecule has 2 N–H and O–H groups in total. The minimum atomic E-state index is -4.58. The Labute approximate surface area is 156 Å². The third-order valence-electron chi connectivity index (χ3n) is 4.61. The van der Waals surface area contributed by atoms with Gasteiger partial charge < -0.3 is 10.6 Å². The zero-order valence-electron chi connectivity index (χ0n) is 13.8. The highest BCUT2D eigenvalue weighted by molar-refractivity contribution is 6.31. The van der Waals surface area contributed by atoms with Crippen LogP contribution in [0.3, 0.4) is 0 Å². The van der Waals surface area contributed by atoms with Crippen LogP contribution < -0.4 is 10.6 Å². The number of fused-ring (bicyclic) bond motifs is 1. The van der Waals surface area contributed by atoms with E-state index in [4.69, 9.17) is 11.6 Å². The number of aromatic nitrogens is 3. The number of hydrogen-bond acceptors (Lipinski definition) is 4. The molecule has 0 spiro atoms. The highest BCUT2D eigenvalue weighted by atomic mass is 35.5. The SMILES string of the molecule is Fc1cnn(C2(CNc3cc(C(F)(F)F)nc4ccc(Cl)cc34)CNC2)c1. The summed E-state index contributed by atoms with van der Waals surface area (Å²) in [5, 5.41) is 11.0. The van der Waals surface area contributed by atoms with E-state index in [0.29, 0.717) is 23.5 Å². The van der Waals surface area contributed by atoms with Crippen molar-refractivity contribution in [3.05, 3.63) is 53.2 Å². The fourth-order valence-electron chi connectivity index (χ4n) is 3.09. The average Bonchev–Trinajstić information content (AvgIpc) is 2.99. The first kappa shape index (κ1) is 18.0. The zero-order valence-corrected chi connectivity index (χ0v) is 14.6. The van der Waals surface area contributed by atoms with E-state index in [2.05, 4.69) is 20.7 Å². The van der Waals surface area contributed by atoms with Crippen LogP contribution >= 0.6 is 11.6 Å². The summed E-state index contributed by atoms with van der Waals surface area (Å²) in [5.74, 6) is -0.471. The van der Waals surface area contributed by atoms with E-state index in [-0.39, 0.29) is 17.7 Å². The molecule has 27 heavy (non-hydrogen) atoms. The van der Waals surface area contributed by atoms with Crippen molar-refractivity contribution >= 4 is 28.2 Å². The van der Waals surface area contributed by atoms with Crippen molar-refractivity contribution in [2.45, 2.75) is 11.7 Å². The van der Waals surface area contributed by atoms with Gasteiger partial charge in [0.2, 0.25) is 0 Å². The molecule has 10 heteroatoms. The predicted octanol–water partition coefficient (Wildman–Crippen LogP) is 3.65. The highest BCUT2D eigenvalue weighted by Gasteiger charge is 2.40. The molecule has 0 aliphatic carbocycles. The third kappa shape index (κ3) is 3.32. The van der Waals surface area contributed by atoms with Gasteiger partial charge in [-0.25, -0.2) is 9.37 Å². The third-order valence-corrected chi connectivity index (χ3v) is 4.85. The van der Waals surface area contributed by atoms with Gasteiger partial charge in [0, 0.05) is 35.7 Å². The van der Waals surface area contributed by atoms with Crippen molar-refractivity contribution in [2.24, 2.45) is 0 Å². The van der Waals surface area contributed by atoms with Crippen molar-refractivity contribution in [1.82, 2.24) is 20.1 Å². The Morgan fingerprint density at radius 2 is 2.04 bits per heavy atom. The second-order valence-electron chi connectivity index (χ2n) is 6.50. The Hall–Kier alpha value is -2.39. The van der Waals surface area contributed by atoms with Gasteiger partial charge in [0.15, 0.2) is 5.82 Å². The van der Waals surface area contributed by atoms with E-state index in [1.165, 1.54) is 23.0 Å². The Morgan fingerprint density at radius 3 is 2.63 bits per heavy atom. The van der Waals surface area contributed by atoms with E-state index in [1.54, 1.807) is 6.07 Å². The maximum Gasteiger partial charge on any atom is 0.433 e. The van der Waals surface area contributed by atoms with Gasteiger partial charge in [0.1, 0.15) is 11.2 Å². The summed E-state index contributed by atoms with van der Waals surface area (Å²) in [6.07, 6.45) is -2.21. The van der Waals surface area contributed by atoms with Crippen molar-refractivity contribution in [1.29, 1.82) is 0 Å². The van der Waals surface area contributed by atoms with Gasteiger partial charge in [-0.15, -0.1) is 0 Å². The summed E-state index contributed by atoms with van der Waals surface area (Å²) in [4.78, 5) is 3.69. The summed E-state index contributed by atoms with van der Waals surface area (Å²) < 4.78 is 54.5. The number of alkyl halides is 3. The molecule has 0 saturated carbocycles. The smallest absolute Gasteiger partial charge is 0.382 e. The lowest BCUT2D eigenvalue weighted by atomic mass is 9.92. The number of hydrogen-bond donors (Lipinski definition) is 2. The molecular formula is C17H14ClF4N5. The molecule has 0 amide bonds. The van der Waals surface area contributed by atoms with E-state index >= 15 is 0 Å². The molecule has 0 radical (unpaired) electrons. The molecule has 1 aliphatic rings. The molecule has 0 atom stereocenters. The maximum atomic E-state index is 13.3. The quantitative estimate of drug-likeness (QED) is 0.657. The fourth-order valence-corrected chi connectivity index (χ4v) is 3.26. The molecule has 2 aromatic heterocycles. The number of nitrogens with one attached hydrogen (secondary N) is 2. The summed E-state index contributed by atoms with van der Waals surface area (Å²) in [6, 6.07) is 5.46. The predicted molar refractivity (Wildman–Crippen MR) is 93.3 cm³/mol. The molecule has 1 aliphatic heterocycles. The van der Waals surface area contributed by atoms with Gasteiger partial charge >= 0.3 is 6.18 Å². The Balaban J connectivity index is 1.71. The first-order chi connectivity index (χ1) is 12.8. The van der Waals surface area contributed by atoms with Crippen molar-refractivity contribution in [3.8, 4) is 0 Å². The topological polar surface area (TPSA) is 54.8 Å². The van der Waals surface area contributed by atoms with Crippen molar-refractivity contribution in [2.75, 3.05) is 25.0 Å². The Morgan fingerprint density at radius 1 is 1.26 bits per heavy atom. The summed E-state index contributed by atoms with van der Waals surface area (Å²) in [6.45, 7) is 1.28. The number of benzene rings is 1. The van der Waals surface area contributed by atoms with Gasteiger partial charge in [0.25, 0.3) is 0 Å². The van der Waals surface area contributed by atoms with Crippen LogP contribution in [0.25, 0.3) is 10.9 Å². The minimum Gasteiger partial charge on any atom is -0.382 e. The van der Waals surface area contributed by atoms with Crippen LogP contribution in [0.4, 0.5) is 23.2 Å². The molecule has 1 aromatic carbocycles. The van der Waals surface area contributed by atoms with E-state index in [0.717, 1.165) is 12.3 Å².